The molecule has 1 aliphatic rings. The van der Waals surface area contributed by atoms with Gasteiger partial charge in [0.25, 0.3) is 11.8 Å². The largest absolute Gasteiger partial charge is 0.484 e. The fourth-order valence-electron chi connectivity index (χ4n) is 3.24. The Labute approximate surface area is 191 Å². The van der Waals surface area contributed by atoms with Crippen molar-refractivity contribution < 1.29 is 14.3 Å². The van der Waals surface area contributed by atoms with Gasteiger partial charge in [-0.15, -0.1) is 0 Å². The molecule has 2 amide bonds. The van der Waals surface area contributed by atoms with Gasteiger partial charge in [0.2, 0.25) is 5.95 Å². The summed E-state index contributed by atoms with van der Waals surface area (Å²) in [6, 6.07) is 6.83. The average molecular weight is 466 g/mol. The minimum absolute atomic E-state index is 0.0689. The van der Waals surface area contributed by atoms with Crippen LogP contribution >= 0.6 is 23.2 Å². The van der Waals surface area contributed by atoms with Crippen LogP contribution in [0.1, 0.15) is 24.3 Å². The molecule has 2 heterocycles. The van der Waals surface area contributed by atoms with Gasteiger partial charge in [-0.1, -0.05) is 23.2 Å². The molecule has 0 spiro atoms. The molecule has 0 aliphatic carbocycles. The Hall–Kier alpha value is -2.58. The number of carbonyl (C=O) groups excluding carboxylic acids is 2. The summed E-state index contributed by atoms with van der Waals surface area (Å²) in [6.07, 6.45) is 1.46. The lowest BCUT2D eigenvalue weighted by Gasteiger charge is -2.34. The Kier molecular flexibility index (Phi) is 7.92. The van der Waals surface area contributed by atoms with Crippen LogP contribution in [0.3, 0.4) is 0 Å². The van der Waals surface area contributed by atoms with Gasteiger partial charge in [0.15, 0.2) is 12.3 Å². The van der Waals surface area contributed by atoms with E-state index < -0.39 is 0 Å². The molecule has 0 bridgehead atoms. The first-order valence-electron chi connectivity index (χ1n) is 10.2. The molecule has 0 radical (unpaired) electrons. The third-order valence-electron chi connectivity index (χ3n) is 5.08. The van der Waals surface area contributed by atoms with E-state index in [1.54, 1.807) is 34.1 Å². The standard InChI is InChI=1S/C21H25Cl2N5O3/c1-3-26(4-2)21-24-13-17(23)19(25-21)20(30)28-11-9-27(10-12-28)18(29)14-31-16-7-5-15(22)6-8-16/h5-8,13H,3-4,9-12,14H2,1-2H3. The monoisotopic (exact) mass is 465 g/mol. The first kappa shape index (κ1) is 23.1. The molecule has 10 heteroatoms. The highest BCUT2D eigenvalue weighted by Gasteiger charge is 2.27. The van der Waals surface area contributed by atoms with Gasteiger partial charge in [0, 0.05) is 44.3 Å². The van der Waals surface area contributed by atoms with Gasteiger partial charge in [-0.3, -0.25) is 9.59 Å². The van der Waals surface area contributed by atoms with E-state index in [4.69, 9.17) is 27.9 Å². The summed E-state index contributed by atoms with van der Waals surface area (Å²) in [5, 5.41) is 0.822. The zero-order valence-corrected chi connectivity index (χ0v) is 19.1. The van der Waals surface area contributed by atoms with Crippen molar-refractivity contribution in [1.82, 2.24) is 19.8 Å². The summed E-state index contributed by atoms with van der Waals surface area (Å²) in [5.74, 6) is 0.663. The molecule has 0 N–H and O–H groups in total. The van der Waals surface area contributed by atoms with Crippen LogP contribution in [0.4, 0.5) is 5.95 Å². The number of anilines is 1. The number of rotatable bonds is 7. The van der Waals surface area contributed by atoms with Gasteiger partial charge in [-0.05, 0) is 38.1 Å². The van der Waals surface area contributed by atoms with Gasteiger partial charge in [0.1, 0.15) is 5.75 Å². The molecule has 8 nitrogen and oxygen atoms in total. The van der Waals surface area contributed by atoms with Crippen molar-refractivity contribution in [3.8, 4) is 5.75 Å². The van der Waals surface area contributed by atoms with Crippen LogP contribution in [0.25, 0.3) is 0 Å². The molecule has 1 aliphatic heterocycles. The quantitative estimate of drug-likeness (QED) is 0.625. The second-order valence-electron chi connectivity index (χ2n) is 6.95. The van der Waals surface area contributed by atoms with E-state index in [0.29, 0.717) is 42.9 Å². The zero-order chi connectivity index (χ0) is 22.4. The first-order valence-corrected chi connectivity index (χ1v) is 10.9. The van der Waals surface area contributed by atoms with Crippen LogP contribution in [0.5, 0.6) is 5.75 Å². The number of aromatic nitrogens is 2. The molecule has 1 aromatic carbocycles. The second kappa shape index (κ2) is 10.6. The van der Waals surface area contributed by atoms with Crippen LogP contribution in [0.15, 0.2) is 30.5 Å². The van der Waals surface area contributed by atoms with Gasteiger partial charge in [-0.25, -0.2) is 9.97 Å². The zero-order valence-electron chi connectivity index (χ0n) is 17.6. The third kappa shape index (κ3) is 5.77. The number of hydrogen-bond acceptors (Lipinski definition) is 6. The van der Waals surface area contributed by atoms with E-state index in [-0.39, 0.29) is 29.1 Å². The topological polar surface area (TPSA) is 78.9 Å². The summed E-state index contributed by atoms with van der Waals surface area (Å²) in [7, 11) is 0. The minimum atomic E-state index is -0.259. The van der Waals surface area contributed by atoms with Gasteiger partial charge in [0.05, 0.1) is 11.2 Å². The molecule has 31 heavy (non-hydrogen) atoms. The highest BCUT2D eigenvalue weighted by atomic mass is 35.5. The van der Waals surface area contributed by atoms with Crippen molar-refractivity contribution in [2.24, 2.45) is 0 Å². The van der Waals surface area contributed by atoms with Crippen LogP contribution in [-0.4, -0.2) is 77.5 Å². The van der Waals surface area contributed by atoms with Gasteiger partial charge < -0.3 is 19.4 Å². The molecular formula is C21H25Cl2N5O3. The SMILES string of the molecule is CCN(CC)c1ncc(Cl)c(C(=O)N2CCN(C(=O)COc3ccc(Cl)cc3)CC2)n1. The molecule has 1 fully saturated rings. The molecule has 0 atom stereocenters. The number of ether oxygens (including phenoxy) is 1. The van der Waals surface area contributed by atoms with Crippen molar-refractivity contribution in [2.45, 2.75) is 13.8 Å². The number of hydrogen-bond donors (Lipinski definition) is 0. The lowest BCUT2D eigenvalue weighted by atomic mass is 10.2. The fraction of sp³-hybridized carbons (Fsp3) is 0.429. The number of piperazine rings is 1. The summed E-state index contributed by atoms with van der Waals surface area (Å²) in [6.45, 7) is 7.00. The molecule has 1 aromatic heterocycles. The smallest absolute Gasteiger partial charge is 0.274 e. The van der Waals surface area contributed by atoms with Gasteiger partial charge in [-0.2, -0.15) is 0 Å². The van der Waals surface area contributed by atoms with Crippen molar-refractivity contribution in [1.29, 1.82) is 0 Å². The Balaban J connectivity index is 1.56. The van der Waals surface area contributed by atoms with Crippen molar-refractivity contribution in [2.75, 3.05) is 50.8 Å². The summed E-state index contributed by atoms with van der Waals surface area (Å²) >= 11 is 12.1. The van der Waals surface area contributed by atoms with E-state index in [1.165, 1.54) is 6.20 Å². The molecule has 1 saturated heterocycles. The molecule has 2 aromatic rings. The maximum absolute atomic E-state index is 13.0. The molecule has 3 rings (SSSR count). The Bertz CT molecular complexity index is 914. The Morgan fingerprint density at radius 1 is 1.03 bits per heavy atom. The van der Waals surface area contributed by atoms with Crippen molar-refractivity contribution in [3.63, 3.8) is 0 Å². The number of amides is 2. The van der Waals surface area contributed by atoms with E-state index in [0.717, 1.165) is 13.1 Å². The molecule has 0 unspecified atom stereocenters. The van der Waals surface area contributed by atoms with Crippen molar-refractivity contribution >= 4 is 41.0 Å². The second-order valence-corrected chi connectivity index (χ2v) is 7.80. The van der Waals surface area contributed by atoms with E-state index in [1.807, 2.05) is 18.7 Å². The Morgan fingerprint density at radius 2 is 1.65 bits per heavy atom. The number of carbonyl (C=O) groups is 2. The predicted molar refractivity (Wildman–Crippen MR) is 120 cm³/mol. The lowest BCUT2D eigenvalue weighted by molar-refractivity contribution is -0.134. The summed E-state index contributed by atoms with van der Waals surface area (Å²) in [5.41, 5.74) is 0.185. The first-order chi connectivity index (χ1) is 14.9. The summed E-state index contributed by atoms with van der Waals surface area (Å²) < 4.78 is 5.52. The van der Waals surface area contributed by atoms with Gasteiger partial charge >= 0.3 is 0 Å². The number of benzene rings is 1. The van der Waals surface area contributed by atoms with E-state index in [9.17, 15) is 9.59 Å². The number of halogens is 2. The maximum Gasteiger partial charge on any atom is 0.274 e. The summed E-state index contributed by atoms with van der Waals surface area (Å²) in [4.78, 5) is 39.3. The molecule has 166 valence electrons. The van der Waals surface area contributed by atoms with Crippen LogP contribution < -0.4 is 9.64 Å². The van der Waals surface area contributed by atoms with Crippen molar-refractivity contribution in [3.05, 3.63) is 46.2 Å². The predicted octanol–water partition coefficient (Wildman–Crippen LogP) is 2.99. The van der Waals surface area contributed by atoms with Crippen LogP contribution in [0.2, 0.25) is 10.0 Å². The Morgan fingerprint density at radius 3 is 2.26 bits per heavy atom. The molecule has 0 saturated carbocycles. The minimum Gasteiger partial charge on any atom is -0.484 e. The normalized spacial score (nSPS) is 13.8. The van der Waals surface area contributed by atoms with Crippen LogP contribution in [-0.2, 0) is 4.79 Å². The number of nitrogens with zero attached hydrogens (tertiary/aromatic N) is 5. The average Bonchev–Trinajstić information content (AvgIpc) is 2.80. The van der Waals surface area contributed by atoms with E-state index >= 15 is 0 Å². The fourth-order valence-corrected chi connectivity index (χ4v) is 3.54. The maximum atomic E-state index is 13.0. The highest BCUT2D eigenvalue weighted by Crippen LogP contribution is 2.19. The third-order valence-corrected chi connectivity index (χ3v) is 5.60. The highest BCUT2D eigenvalue weighted by molar-refractivity contribution is 6.33. The molecular weight excluding hydrogens is 441 g/mol. The van der Waals surface area contributed by atoms with E-state index in [2.05, 4.69) is 9.97 Å². The lowest BCUT2D eigenvalue weighted by Crippen LogP contribution is -2.51. The van der Waals surface area contributed by atoms with Crippen LogP contribution in [0, 0.1) is 0 Å².